The number of hydrogen-bond acceptors (Lipinski definition) is 9. The molecule has 0 bridgehead atoms. The summed E-state index contributed by atoms with van der Waals surface area (Å²) in [6.45, 7) is 0.903. The van der Waals surface area contributed by atoms with Gasteiger partial charge in [-0.05, 0) is 36.1 Å². The first-order chi connectivity index (χ1) is 19.7. The van der Waals surface area contributed by atoms with Crippen molar-refractivity contribution in [1.82, 2.24) is 25.1 Å². The molecule has 2 amide bonds. The maximum absolute atomic E-state index is 14.1. The maximum atomic E-state index is 14.1. The van der Waals surface area contributed by atoms with Crippen molar-refractivity contribution in [2.75, 3.05) is 6.61 Å². The zero-order chi connectivity index (χ0) is 28.8. The van der Waals surface area contributed by atoms with Gasteiger partial charge in [0.05, 0.1) is 48.3 Å². The Morgan fingerprint density at radius 3 is 2.44 bits per heavy atom. The van der Waals surface area contributed by atoms with Gasteiger partial charge >= 0.3 is 5.97 Å². The summed E-state index contributed by atoms with van der Waals surface area (Å²) in [6.07, 6.45) is 5.01. The average molecular weight is 559 g/mol. The highest BCUT2D eigenvalue weighted by atomic mass is 16.7. The molecule has 3 aliphatic rings. The van der Waals surface area contributed by atoms with Gasteiger partial charge in [0.1, 0.15) is 5.54 Å². The Hall–Kier alpha value is -4.23. The lowest BCUT2D eigenvalue weighted by Gasteiger charge is -2.30. The fourth-order valence-electron chi connectivity index (χ4n) is 5.86. The van der Waals surface area contributed by atoms with Crippen LogP contribution in [0.1, 0.15) is 57.7 Å². The van der Waals surface area contributed by atoms with E-state index in [0.717, 1.165) is 18.4 Å². The lowest BCUT2D eigenvalue weighted by Crippen LogP contribution is -2.46. The van der Waals surface area contributed by atoms with Gasteiger partial charge in [0.15, 0.2) is 5.96 Å². The Labute approximate surface area is 235 Å². The van der Waals surface area contributed by atoms with E-state index < -0.39 is 23.0 Å². The van der Waals surface area contributed by atoms with Crippen LogP contribution in [0.5, 0.6) is 0 Å². The third-order valence-electron chi connectivity index (χ3n) is 7.88. The SMILES string of the molecule is N=C1NC(C[C@@H]2CCCO2)(c2ccccc2)C(=O)N1Cc1ccc(C(O)(O)O)c(C(=O)N2Cc3nccnc3C2)c1. The van der Waals surface area contributed by atoms with Gasteiger partial charge in [0, 0.05) is 25.4 Å². The molecule has 1 unspecified atom stereocenters. The van der Waals surface area contributed by atoms with Gasteiger partial charge in [-0.15, -0.1) is 0 Å². The standard InChI is InChI=1S/C29H30N6O6/c30-27-33-28(14-20-7-4-12-41-20,19-5-2-1-3-6-19)26(37)35(27)15-18-8-9-22(29(38,39)40)21(13-18)25(36)34-16-23-24(17-34)32-11-10-31-23/h1-3,5-6,8-11,13,20,38-40H,4,7,12,14-17H2,(H2,30,33)/t20-,28?/m0/s1. The number of aromatic nitrogens is 2. The predicted molar refractivity (Wildman–Crippen MR) is 144 cm³/mol. The number of carbonyl (C=O) groups is 2. The lowest BCUT2D eigenvalue weighted by atomic mass is 9.83. The Morgan fingerprint density at radius 1 is 1.10 bits per heavy atom. The summed E-state index contributed by atoms with van der Waals surface area (Å²) in [5.74, 6) is -4.26. The van der Waals surface area contributed by atoms with Gasteiger partial charge in [-0.3, -0.25) is 29.9 Å². The largest absolute Gasteiger partial charge is 0.378 e. The topological polar surface area (TPSA) is 172 Å². The van der Waals surface area contributed by atoms with E-state index in [2.05, 4.69) is 15.3 Å². The van der Waals surface area contributed by atoms with Gasteiger partial charge < -0.3 is 30.3 Å². The van der Waals surface area contributed by atoms with Gasteiger partial charge in [0.25, 0.3) is 11.8 Å². The molecule has 12 heteroatoms. The number of hydrogen-bond donors (Lipinski definition) is 5. The second-order valence-corrected chi connectivity index (χ2v) is 10.6. The normalized spacial score (nSPS) is 22.3. The van der Waals surface area contributed by atoms with Crippen LogP contribution >= 0.6 is 0 Å². The van der Waals surface area contributed by atoms with Crippen LogP contribution in [0.15, 0.2) is 60.9 Å². The minimum absolute atomic E-state index is 0.0655. The van der Waals surface area contributed by atoms with E-state index >= 15 is 0 Å². The Morgan fingerprint density at radius 2 is 1.80 bits per heavy atom. The number of guanidine groups is 1. The van der Waals surface area contributed by atoms with Crippen LogP contribution in [0, 0.1) is 5.41 Å². The highest BCUT2D eigenvalue weighted by Gasteiger charge is 2.52. The number of fused-ring (bicyclic) bond motifs is 1. The molecular weight excluding hydrogens is 528 g/mol. The molecule has 212 valence electrons. The number of nitrogens with zero attached hydrogens (tertiary/aromatic N) is 4. The minimum atomic E-state index is -3.27. The van der Waals surface area contributed by atoms with Crippen molar-refractivity contribution in [1.29, 1.82) is 5.41 Å². The van der Waals surface area contributed by atoms with Gasteiger partial charge in [0.2, 0.25) is 0 Å². The summed E-state index contributed by atoms with van der Waals surface area (Å²) < 4.78 is 5.85. The number of rotatable bonds is 7. The smallest absolute Gasteiger partial charge is 0.305 e. The molecule has 0 aliphatic carbocycles. The lowest BCUT2D eigenvalue weighted by molar-refractivity contribution is -0.324. The molecule has 41 heavy (non-hydrogen) atoms. The summed E-state index contributed by atoms with van der Waals surface area (Å²) in [6, 6.07) is 13.4. The van der Waals surface area contributed by atoms with Crippen LogP contribution < -0.4 is 5.32 Å². The van der Waals surface area contributed by atoms with E-state index in [1.165, 1.54) is 40.4 Å². The van der Waals surface area contributed by atoms with Crippen LogP contribution in [-0.4, -0.2) is 65.6 Å². The van der Waals surface area contributed by atoms with Gasteiger partial charge in [-0.1, -0.05) is 36.4 Å². The minimum Gasteiger partial charge on any atom is -0.378 e. The van der Waals surface area contributed by atoms with Gasteiger partial charge in [-0.2, -0.15) is 0 Å². The Kier molecular flexibility index (Phi) is 6.78. The van der Waals surface area contributed by atoms with Gasteiger partial charge in [-0.25, -0.2) is 0 Å². The average Bonchev–Trinajstić information content (AvgIpc) is 3.69. The van der Waals surface area contributed by atoms with E-state index in [4.69, 9.17) is 10.1 Å². The number of amides is 2. The monoisotopic (exact) mass is 558 g/mol. The Balaban J connectivity index is 1.30. The van der Waals surface area contributed by atoms with Crippen LogP contribution in [-0.2, 0) is 40.7 Å². The van der Waals surface area contributed by atoms with Crippen LogP contribution in [0.25, 0.3) is 0 Å². The predicted octanol–water partition coefficient (Wildman–Crippen LogP) is 1.05. The summed E-state index contributed by atoms with van der Waals surface area (Å²) in [7, 11) is 0. The third kappa shape index (κ3) is 4.95. The summed E-state index contributed by atoms with van der Waals surface area (Å²) in [5.41, 5.74) is 0.697. The summed E-state index contributed by atoms with van der Waals surface area (Å²) in [4.78, 5) is 38.9. The third-order valence-corrected chi connectivity index (χ3v) is 7.88. The Bertz CT molecular complexity index is 1480. The fraction of sp³-hybridized carbons (Fsp3) is 0.345. The number of benzene rings is 2. The molecular formula is C29H30N6O6. The summed E-state index contributed by atoms with van der Waals surface area (Å²) >= 11 is 0. The highest BCUT2D eigenvalue weighted by Crippen LogP contribution is 2.37. The molecule has 2 atom stereocenters. The van der Waals surface area contributed by atoms with E-state index in [0.29, 0.717) is 30.0 Å². The number of ether oxygens (including phenoxy) is 1. The van der Waals surface area contributed by atoms with Crippen LogP contribution in [0.2, 0.25) is 0 Å². The molecule has 2 fully saturated rings. The molecule has 0 saturated carbocycles. The molecule has 3 aliphatic heterocycles. The molecule has 0 radical (unpaired) electrons. The second-order valence-electron chi connectivity index (χ2n) is 10.6. The van der Waals surface area contributed by atoms with Crippen molar-refractivity contribution in [3.8, 4) is 0 Å². The van der Waals surface area contributed by atoms with Crippen LogP contribution in [0.3, 0.4) is 0 Å². The van der Waals surface area contributed by atoms with E-state index in [-0.39, 0.29) is 43.2 Å². The van der Waals surface area contributed by atoms with Crippen molar-refractivity contribution < 1.29 is 29.6 Å². The quantitative estimate of drug-likeness (QED) is 0.266. The molecule has 3 aromatic rings. The molecule has 2 saturated heterocycles. The molecule has 2 aromatic carbocycles. The molecule has 4 heterocycles. The first kappa shape index (κ1) is 27.0. The van der Waals surface area contributed by atoms with E-state index in [1.54, 1.807) is 0 Å². The van der Waals surface area contributed by atoms with Crippen molar-refractivity contribution in [3.05, 3.63) is 94.6 Å². The first-order valence-electron chi connectivity index (χ1n) is 13.4. The summed E-state index contributed by atoms with van der Waals surface area (Å²) in [5, 5.41) is 41.9. The van der Waals surface area contributed by atoms with E-state index in [1.807, 2.05) is 30.3 Å². The van der Waals surface area contributed by atoms with Crippen LogP contribution in [0.4, 0.5) is 0 Å². The molecule has 5 N–H and O–H groups in total. The molecule has 12 nitrogen and oxygen atoms in total. The number of aliphatic hydroxyl groups is 3. The first-order valence-corrected chi connectivity index (χ1v) is 13.4. The highest BCUT2D eigenvalue weighted by molar-refractivity contribution is 6.08. The number of carbonyl (C=O) groups excluding carboxylic acids is 2. The zero-order valence-corrected chi connectivity index (χ0v) is 22.2. The van der Waals surface area contributed by atoms with Crippen molar-refractivity contribution in [2.45, 2.75) is 56.5 Å². The zero-order valence-electron chi connectivity index (χ0n) is 22.2. The maximum Gasteiger partial charge on any atom is 0.305 e. The molecule has 0 spiro atoms. The fourth-order valence-corrected chi connectivity index (χ4v) is 5.86. The van der Waals surface area contributed by atoms with Crippen molar-refractivity contribution in [2.24, 2.45) is 0 Å². The van der Waals surface area contributed by atoms with Crippen molar-refractivity contribution in [3.63, 3.8) is 0 Å². The number of nitrogens with one attached hydrogen (secondary N) is 2. The second kappa shape index (κ2) is 10.3. The van der Waals surface area contributed by atoms with E-state index in [9.17, 15) is 24.9 Å². The molecule has 1 aromatic heterocycles. The van der Waals surface area contributed by atoms with Crippen molar-refractivity contribution >= 4 is 17.8 Å². The molecule has 6 rings (SSSR count).